The van der Waals surface area contributed by atoms with E-state index in [2.05, 4.69) is 19.2 Å². The van der Waals surface area contributed by atoms with Gasteiger partial charge >= 0.3 is 0 Å². The topological polar surface area (TPSA) is 12.0 Å². The molecule has 1 N–H and O–H groups in total. The van der Waals surface area contributed by atoms with Crippen LogP contribution in [0.5, 0.6) is 0 Å². The summed E-state index contributed by atoms with van der Waals surface area (Å²) in [5.74, 6) is 0.822. The van der Waals surface area contributed by atoms with Crippen LogP contribution in [0.15, 0.2) is 29.2 Å². The van der Waals surface area contributed by atoms with Gasteiger partial charge in [-0.05, 0) is 31.5 Å². The summed E-state index contributed by atoms with van der Waals surface area (Å²) in [6, 6.07) is 7.31. The molecule has 0 saturated carbocycles. The fourth-order valence-electron chi connectivity index (χ4n) is 1.18. The van der Waals surface area contributed by atoms with Crippen LogP contribution >= 0.6 is 11.8 Å². The lowest BCUT2D eigenvalue weighted by Crippen LogP contribution is -2.27. The maximum absolute atomic E-state index is 12.8. The van der Waals surface area contributed by atoms with Crippen molar-refractivity contribution in [3.63, 3.8) is 0 Å². The second kappa shape index (κ2) is 6.85. The molecule has 0 aliphatic heterocycles. The van der Waals surface area contributed by atoms with Crippen LogP contribution in [0.1, 0.15) is 20.3 Å². The van der Waals surface area contributed by atoms with E-state index in [1.165, 1.54) is 6.07 Å². The Kier molecular flexibility index (Phi) is 5.73. The molecule has 0 saturated heterocycles. The number of hydrogen-bond donors (Lipinski definition) is 1. The summed E-state index contributed by atoms with van der Waals surface area (Å²) in [5, 5.41) is 3.40. The highest BCUT2D eigenvalue weighted by Gasteiger charge is 1.98. The smallest absolute Gasteiger partial charge is 0.124 e. The summed E-state index contributed by atoms with van der Waals surface area (Å²) >= 11 is 1.68. The third-order valence-electron chi connectivity index (χ3n) is 2.27. The van der Waals surface area contributed by atoms with Gasteiger partial charge in [-0.25, -0.2) is 4.39 Å². The minimum absolute atomic E-state index is 0.158. The van der Waals surface area contributed by atoms with Gasteiger partial charge in [-0.1, -0.05) is 13.0 Å². The predicted octanol–water partition coefficient (Wildman–Crippen LogP) is 3.31. The molecular weight excluding hydrogens is 209 g/mol. The standard InChI is InChI=1S/C12H18FNS/c1-3-10(2)14-7-8-15-12-6-4-5-11(13)9-12/h4-6,9-10,14H,3,7-8H2,1-2H3. The van der Waals surface area contributed by atoms with Crippen molar-refractivity contribution in [2.24, 2.45) is 0 Å². The van der Waals surface area contributed by atoms with Crippen LogP contribution in [-0.4, -0.2) is 18.3 Å². The number of benzene rings is 1. The van der Waals surface area contributed by atoms with E-state index < -0.39 is 0 Å². The number of nitrogens with one attached hydrogen (secondary N) is 1. The van der Waals surface area contributed by atoms with Crippen molar-refractivity contribution in [2.75, 3.05) is 12.3 Å². The Morgan fingerprint density at radius 1 is 1.47 bits per heavy atom. The molecule has 0 radical (unpaired) electrons. The fourth-order valence-corrected chi connectivity index (χ4v) is 2.00. The first-order chi connectivity index (χ1) is 7.22. The van der Waals surface area contributed by atoms with E-state index in [-0.39, 0.29) is 5.82 Å². The second-order valence-corrected chi connectivity index (χ2v) is 4.74. The van der Waals surface area contributed by atoms with Crippen molar-refractivity contribution < 1.29 is 4.39 Å². The Balaban J connectivity index is 2.20. The summed E-state index contributed by atoms with van der Waals surface area (Å²) in [6.45, 7) is 5.31. The lowest BCUT2D eigenvalue weighted by Gasteiger charge is -2.10. The minimum Gasteiger partial charge on any atom is -0.313 e. The molecule has 1 unspecified atom stereocenters. The number of halogens is 1. The van der Waals surface area contributed by atoms with Crippen LogP contribution in [0.4, 0.5) is 4.39 Å². The summed E-state index contributed by atoms with van der Waals surface area (Å²) in [4.78, 5) is 1.00. The highest BCUT2D eigenvalue weighted by molar-refractivity contribution is 7.99. The SMILES string of the molecule is CCC(C)NCCSc1cccc(F)c1. The molecular formula is C12H18FNS. The van der Waals surface area contributed by atoms with Gasteiger partial charge in [0.05, 0.1) is 0 Å². The Morgan fingerprint density at radius 3 is 2.93 bits per heavy atom. The van der Waals surface area contributed by atoms with Gasteiger partial charge in [0.2, 0.25) is 0 Å². The van der Waals surface area contributed by atoms with Gasteiger partial charge in [-0.2, -0.15) is 0 Å². The maximum atomic E-state index is 12.8. The van der Waals surface area contributed by atoms with Gasteiger partial charge in [0.15, 0.2) is 0 Å². The molecule has 1 aromatic rings. The molecule has 0 aliphatic carbocycles. The Bertz CT molecular complexity index is 291. The molecule has 0 heterocycles. The van der Waals surface area contributed by atoms with Gasteiger partial charge in [0.1, 0.15) is 5.82 Å². The quantitative estimate of drug-likeness (QED) is 0.591. The summed E-state index contributed by atoms with van der Waals surface area (Å²) < 4.78 is 12.8. The van der Waals surface area contributed by atoms with Crippen LogP contribution in [0, 0.1) is 5.82 Å². The maximum Gasteiger partial charge on any atom is 0.124 e. The van der Waals surface area contributed by atoms with E-state index in [4.69, 9.17) is 0 Å². The zero-order valence-electron chi connectivity index (χ0n) is 9.29. The van der Waals surface area contributed by atoms with Gasteiger partial charge in [0, 0.05) is 23.2 Å². The Hall–Kier alpha value is -0.540. The van der Waals surface area contributed by atoms with Gasteiger partial charge in [-0.15, -0.1) is 11.8 Å². The van der Waals surface area contributed by atoms with Crippen molar-refractivity contribution in [3.8, 4) is 0 Å². The largest absolute Gasteiger partial charge is 0.313 e. The normalized spacial score (nSPS) is 12.7. The van der Waals surface area contributed by atoms with Gasteiger partial charge in [0.25, 0.3) is 0 Å². The number of thioether (sulfide) groups is 1. The highest BCUT2D eigenvalue weighted by Crippen LogP contribution is 2.17. The molecule has 1 nitrogen and oxygen atoms in total. The van der Waals surface area contributed by atoms with E-state index in [9.17, 15) is 4.39 Å². The third kappa shape index (κ3) is 5.19. The molecule has 0 amide bonds. The zero-order chi connectivity index (χ0) is 11.1. The van der Waals surface area contributed by atoms with Crippen LogP contribution in [0.25, 0.3) is 0 Å². The third-order valence-corrected chi connectivity index (χ3v) is 3.27. The molecule has 1 rings (SSSR count). The molecule has 0 aromatic heterocycles. The molecule has 15 heavy (non-hydrogen) atoms. The van der Waals surface area contributed by atoms with E-state index >= 15 is 0 Å². The van der Waals surface area contributed by atoms with Crippen LogP contribution < -0.4 is 5.32 Å². The molecule has 1 atom stereocenters. The average Bonchev–Trinajstić information content (AvgIpc) is 2.24. The van der Waals surface area contributed by atoms with Crippen molar-refractivity contribution in [1.29, 1.82) is 0 Å². The first kappa shape index (κ1) is 12.5. The first-order valence-corrected chi connectivity index (χ1v) is 6.32. The van der Waals surface area contributed by atoms with Gasteiger partial charge in [-0.3, -0.25) is 0 Å². The Morgan fingerprint density at radius 2 is 2.27 bits per heavy atom. The molecule has 0 fully saturated rings. The molecule has 84 valence electrons. The first-order valence-electron chi connectivity index (χ1n) is 5.34. The summed E-state index contributed by atoms with van der Waals surface area (Å²) in [7, 11) is 0. The highest BCUT2D eigenvalue weighted by atomic mass is 32.2. The van der Waals surface area contributed by atoms with Crippen molar-refractivity contribution in [3.05, 3.63) is 30.1 Å². The lowest BCUT2D eigenvalue weighted by molar-refractivity contribution is 0.555. The summed E-state index contributed by atoms with van der Waals surface area (Å²) in [6.07, 6.45) is 1.14. The van der Waals surface area contributed by atoms with E-state index in [1.54, 1.807) is 23.9 Å². The lowest BCUT2D eigenvalue weighted by atomic mass is 10.3. The predicted molar refractivity (Wildman–Crippen MR) is 64.9 cm³/mol. The number of hydrogen-bond acceptors (Lipinski definition) is 2. The average molecular weight is 227 g/mol. The second-order valence-electron chi connectivity index (χ2n) is 3.57. The van der Waals surface area contributed by atoms with Gasteiger partial charge < -0.3 is 5.32 Å². The van der Waals surface area contributed by atoms with E-state index in [1.807, 2.05) is 6.07 Å². The van der Waals surface area contributed by atoms with Crippen molar-refractivity contribution >= 4 is 11.8 Å². The Labute approximate surface area is 95.5 Å². The molecule has 1 aromatic carbocycles. The monoisotopic (exact) mass is 227 g/mol. The van der Waals surface area contributed by atoms with Crippen LogP contribution in [0.3, 0.4) is 0 Å². The number of rotatable bonds is 6. The van der Waals surface area contributed by atoms with Crippen LogP contribution in [0.2, 0.25) is 0 Å². The van der Waals surface area contributed by atoms with E-state index in [0.29, 0.717) is 6.04 Å². The zero-order valence-corrected chi connectivity index (χ0v) is 10.1. The molecule has 3 heteroatoms. The minimum atomic E-state index is -0.158. The van der Waals surface area contributed by atoms with Crippen molar-refractivity contribution in [2.45, 2.75) is 31.2 Å². The van der Waals surface area contributed by atoms with Crippen LogP contribution in [-0.2, 0) is 0 Å². The molecule has 0 spiro atoms. The fraction of sp³-hybridized carbons (Fsp3) is 0.500. The van der Waals surface area contributed by atoms with Crippen molar-refractivity contribution in [1.82, 2.24) is 5.32 Å². The van der Waals surface area contributed by atoms with E-state index in [0.717, 1.165) is 23.6 Å². The summed E-state index contributed by atoms with van der Waals surface area (Å²) in [5.41, 5.74) is 0. The molecule has 0 bridgehead atoms. The molecule has 0 aliphatic rings.